The van der Waals surface area contributed by atoms with E-state index < -0.39 is 0 Å². The van der Waals surface area contributed by atoms with Gasteiger partial charge >= 0.3 is 0 Å². The first-order valence-corrected chi connectivity index (χ1v) is 6.51. The SMILES string of the molecule is COc1ccc2nc(Sc3nc(C)[nH]c3N)[nH]c2c1. The molecule has 0 atom stereocenters. The topological polar surface area (TPSA) is 92.6 Å². The molecule has 0 spiro atoms. The third-order valence-electron chi connectivity index (χ3n) is 2.68. The predicted octanol–water partition coefficient (Wildman–Crippen LogP) is 2.34. The van der Waals surface area contributed by atoms with Crippen LogP contribution in [0.25, 0.3) is 11.0 Å². The number of nitrogens with two attached hydrogens (primary N) is 1. The molecule has 0 radical (unpaired) electrons. The van der Waals surface area contributed by atoms with Gasteiger partial charge in [0.2, 0.25) is 0 Å². The van der Waals surface area contributed by atoms with Crippen LogP contribution in [0.1, 0.15) is 5.82 Å². The first-order valence-electron chi connectivity index (χ1n) is 5.69. The Balaban J connectivity index is 1.95. The van der Waals surface area contributed by atoms with Gasteiger partial charge in [-0.2, -0.15) is 0 Å². The average Bonchev–Trinajstić information content (AvgIpc) is 2.91. The van der Waals surface area contributed by atoms with Gasteiger partial charge in [-0.1, -0.05) is 0 Å². The second kappa shape index (κ2) is 4.51. The summed E-state index contributed by atoms with van der Waals surface area (Å²) in [5.74, 6) is 2.14. The molecule has 0 amide bonds. The van der Waals surface area contributed by atoms with Crippen molar-refractivity contribution in [2.75, 3.05) is 12.8 Å². The number of aromatic nitrogens is 4. The number of ether oxygens (including phenoxy) is 1. The molecule has 0 aliphatic carbocycles. The van der Waals surface area contributed by atoms with Crippen LogP contribution < -0.4 is 10.5 Å². The number of methoxy groups -OCH3 is 1. The van der Waals surface area contributed by atoms with E-state index >= 15 is 0 Å². The minimum Gasteiger partial charge on any atom is -0.497 e. The van der Waals surface area contributed by atoms with Crippen molar-refractivity contribution in [3.63, 3.8) is 0 Å². The summed E-state index contributed by atoms with van der Waals surface area (Å²) in [5.41, 5.74) is 7.64. The van der Waals surface area contributed by atoms with Gasteiger partial charge in [0.15, 0.2) is 5.16 Å². The van der Waals surface area contributed by atoms with E-state index in [4.69, 9.17) is 10.5 Å². The molecule has 3 rings (SSSR count). The highest BCUT2D eigenvalue weighted by Gasteiger charge is 2.10. The summed E-state index contributed by atoms with van der Waals surface area (Å²) in [4.78, 5) is 15.0. The molecule has 4 N–H and O–H groups in total. The van der Waals surface area contributed by atoms with E-state index in [1.165, 1.54) is 11.8 Å². The van der Waals surface area contributed by atoms with Crippen LogP contribution in [0, 0.1) is 6.92 Å². The molecule has 0 saturated carbocycles. The Morgan fingerprint density at radius 2 is 2.11 bits per heavy atom. The molecule has 98 valence electrons. The van der Waals surface area contributed by atoms with E-state index in [0.717, 1.165) is 32.8 Å². The summed E-state index contributed by atoms with van der Waals surface area (Å²) >= 11 is 1.40. The zero-order valence-electron chi connectivity index (χ0n) is 10.5. The zero-order chi connectivity index (χ0) is 13.4. The fourth-order valence-corrected chi connectivity index (χ4v) is 2.63. The van der Waals surface area contributed by atoms with Crippen LogP contribution in [0.5, 0.6) is 5.75 Å². The maximum atomic E-state index is 5.83. The van der Waals surface area contributed by atoms with Gasteiger partial charge in [-0.3, -0.25) is 0 Å². The highest BCUT2D eigenvalue weighted by Crippen LogP contribution is 2.30. The van der Waals surface area contributed by atoms with Gasteiger partial charge in [-0.15, -0.1) is 0 Å². The van der Waals surface area contributed by atoms with Crippen molar-refractivity contribution in [1.29, 1.82) is 0 Å². The predicted molar refractivity (Wildman–Crippen MR) is 74.5 cm³/mol. The van der Waals surface area contributed by atoms with Crippen molar-refractivity contribution in [3.8, 4) is 5.75 Å². The molecular weight excluding hydrogens is 262 g/mol. The standard InChI is InChI=1S/C12H13N5OS/c1-6-14-10(13)11(15-6)19-12-16-8-4-3-7(18-2)5-9(8)17-12/h3-5H,13H2,1-2H3,(H,14,15)(H,16,17). The Hall–Kier alpha value is -2.15. The fourth-order valence-electron chi connectivity index (χ4n) is 1.80. The molecule has 7 heteroatoms. The minimum absolute atomic E-state index is 0.556. The highest BCUT2D eigenvalue weighted by molar-refractivity contribution is 7.99. The summed E-state index contributed by atoms with van der Waals surface area (Å²) in [6.07, 6.45) is 0. The Labute approximate surface area is 113 Å². The van der Waals surface area contributed by atoms with Crippen LogP contribution in [0.15, 0.2) is 28.4 Å². The van der Waals surface area contributed by atoms with E-state index in [2.05, 4.69) is 19.9 Å². The second-order valence-electron chi connectivity index (χ2n) is 4.07. The largest absolute Gasteiger partial charge is 0.497 e. The summed E-state index contributed by atoms with van der Waals surface area (Å²) in [6, 6.07) is 5.70. The lowest BCUT2D eigenvalue weighted by Gasteiger charge is -1.96. The van der Waals surface area contributed by atoms with Crippen LogP contribution in [0.4, 0.5) is 5.82 Å². The number of aromatic amines is 2. The monoisotopic (exact) mass is 275 g/mol. The Morgan fingerprint density at radius 3 is 2.79 bits per heavy atom. The molecular formula is C12H13N5OS. The molecule has 2 aromatic heterocycles. The molecule has 2 heterocycles. The summed E-state index contributed by atoms with van der Waals surface area (Å²) < 4.78 is 5.18. The smallest absolute Gasteiger partial charge is 0.172 e. The van der Waals surface area contributed by atoms with Crippen LogP contribution in [0.2, 0.25) is 0 Å². The van der Waals surface area contributed by atoms with E-state index in [1.54, 1.807) is 7.11 Å². The molecule has 0 fully saturated rings. The number of H-pyrrole nitrogens is 2. The lowest BCUT2D eigenvalue weighted by Crippen LogP contribution is -1.86. The molecule has 0 saturated heterocycles. The summed E-state index contributed by atoms with van der Waals surface area (Å²) in [6.45, 7) is 1.87. The Kier molecular flexibility index (Phi) is 2.83. The maximum absolute atomic E-state index is 5.83. The normalized spacial score (nSPS) is 11.1. The molecule has 6 nitrogen and oxygen atoms in total. The maximum Gasteiger partial charge on any atom is 0.172 e. The van der Waals surface area contributed by atoms with E-state index in [9.17, 15) is 0 Å². The number of fused-ring (bicyclic) bond motifs is 1. The number of nitrogen functional groups attached to an aromatic ring is 1. The molecule has 19 heavy (non-hydrogen) atoms. The fraction of sp³-hybridized carbons (Fsp3) is 0.167. The number of rotatable bonds is 3. The number of benzene rings is 1. The molecule has 0 unspecified atom stereocenters. The number of anilines is 1. The highest BCUT2D eigenvalue weighted by atomic mass is 32.2. The summed E-state index contributed by atoms with van der Waals surface area (Å²) in [7, 11) is 1.64. The van der Waals surface area contributed by atoms with E-state index in [0.29, 0.717) is 5.82 Å². The second-order valence-corrected chi connectivity index (χ2v) is 5.05. The van der Waals surface area contributed by atoms with Crippen molar-refractivity contribution in [2.45, 2.75) is 17.1 Å². The van der Waals surface area contributed by atoms with Crippen molar-refractivity contribution in [2.24, 2.45) is 0 Å². The number of nitrogens with one attached hydrogen (secondary N) is 2. The Bertz CT molecular complexity index is 733. The molecule has 3 aromatic rings. The lowest BCUT2D eigenvalue weighted by atomic mass is 10.3. The number of nitrogens with zero attached hydrogens (tertiary/aromatic N) is 2. The molecule has 0 aliphatic rings. The van der Waals surface area contributed by atoms with Gasteiger partial charge < -0.3 is 20.4 Å². The van der Waals surface area contributed by atoms with Crippen molar-refractivity contribution in [3.05, 3.63) is 24.0 Å². The molecule has 0 aliphatic heterocycles. The first-order chi connectivity index (χ1) is 9.15. The molecule has 1 aromatic carbocycles. The lowest BCUT2D eigenvalue weighted by molar-refractivity contribution is 0.415. The van der Waals surface area contributed by atoms with Crippen LogP contribution >= 0.6 is 11.8 Å². The van der Waals surface area contributed by atoms with Gasteiger partial charge in [0, 0.05) is 6.07 Å². The van der Waals surface area contributed by atoms with E-state index in [1.807, 2.05) is 25.1 Å². The van der Waals surface area contributed by atoms with Gasteiger partial charge in [0.1, 0.15) is 22.4 Å². The summed E-state index contributed by atoms with van der Waals surface area (Å²) in [5, 5.41) is 1.48. The van der Waals surface area contributed by atoms with Crippen LogP contribution in [-0.2, 0) is 0 Å². The van der Waals surface area contributed by atoms with Gasteiger partial charge in [0.25, 0.3) is 0 Å². The van der Waals surface area contributed by atoms with Gasteiger partial charge in [-0.25, -0.2) is 9.97 Å². The minimum atomic E-state index is 0.556. The number of aryl methyl sites for hydroxylation is 1. The quantitative estimate of drug-likeness (QED) is 0.682. The van der Waals surface area contributed by atoms with E-state index in [-0.39, 0.29) is 0 Å². The third kappa shape index (κ3) is 2.24. The first kappa shape index (κ1) is 11.9. The Morgan fingerprint density at radius 1 is 1.26 bits per heavy atom. The molecule has 0 bridgehead atoms. The van der Waals surface area contributed by atoms with Crippen molar-refractivity contribution in [1.82, 2.24) is 19.9 Å². The van der Waals surface area contributed by atoms with Crippen LogP contribution in [-0.4, -0.2) is 27.0 Å². The zero-order valence-corrected chi connectivity index (χ0v) is 11.3. The van der Waals surface area contributed by atoms with Gasteiger partial charge in [-0.05, 0) is 30.8 Å². The third-order valence-corrected chi connectivity index (χ3v) is 3.57. The van der Waals surface area contributed by atoms with Crippen LogP contribution in [0.3, 0.4) is 0 Å². The van der Waals surface area contributed by atoms with Crippen molar-refractivity contribution < 1.29 is 4.74 Å². The number of imidazole rings is 2. The average molecular weight is 275 g/mol. The van der Waals surface area contributed by atoms with Crippen molar-refractivity contribution >= 4 is 28.6 Å². The number of hydrogen-bond acceptors (Lipinski definition) is 5. The van der Waals surface area contributed by atoms with Gasteiger partial charge in [0.05, 0.1) is 18.1 Å². The number of hydrogen-bond donors (Lipinski definition) is 3.